The van der Waals surface area contributed by atoms with E-state index in [0.29, 0.717) is 17.9 Å². The van der Waals surface area contributed by atoms with Crippen LogP contribution in [0, 0.1) is 5.82 Å². The Labute approximate surface area is 156 Å². The second kappa shape index (κ2) is 8.53. The molecule has 27 heavy (non-hydrogen) atoms. The lowest BCUT2D eigenvalue weighted by Gasteiger charge is -2.09. The number of nitrogens with zero attached hydrogens (tertiary/aromatic N) is 1. The van der Waals surface area contributed by atoms with Crippen LogP contribution >= 0.6 is 0 Å². The molecular weight excluding hydrogens is 351 g/mol. The van der Waals surface area contributed by atoms with E-state index in [-0.39, 0.29) is 18.5 Å². The minimum absolute atomic E-state index is 0.126. The lowest BCUT2D eigenvalue weighted by molar-refractivity contribution is -0.123. The molecule has 3 rings (SSSR count). The van der Waals surface area contributed by atoms with Crippen LogP contribution in [0.4, 0.5) is 4.39 Å². The highest BCUT2D eigenvalue weighted by atomic mass is 19.1. The molecule has 0 aliphatic carbocycles. The van der Waals surface area contributed by atoms with Crippen molar-refractivity contribution in [3.05, 3.63) is 53.3 Å². The summed E-state index contributed by atoms with van der Waals surface area (Å²) >= 11 is 0. The Balaban J connectivity index is 1.60. The van der Waals surface area contributed by atoms with E-state index in [1.54, 1.807) is 6.07 Å². The number of hydrogen-bond donors (Lipinski definition) is 1. The van der Waals surface area contributed by atoms with Gasteiger partial charge in [0.2, 0.25) is 0 Å². The monoisotopic (exact) mass is 372 g/mol. The molecule has 0 unspecified atom stereocenters. The molecule has 2 aromatic rings. The van der Waals surface area contributed by atoms with E-state index in [0.717, 1.165) is 17.7 Å². The third kappa shape index (κ3) is 4.97. The van der Waals surface area contributed by atoms with E-state index in [9.17, 15) is 9.18 Å². The largest absolute Gasteiger partial charge is 0.493 e. The van der Waals surface area contributed by atoms with Crippen molar-refractivity contribution in [3.63, 3.8) is 0 Å². The fourth-order valence-electron chi connectivity index (χ4n) is 2.75. The average Bonchev–Trinajstić information content (AvgIpc) is 2.99. The number of benzene rings is 2. The van der Waals surface area contributed by atoms with Crippen LogP contribution in [0.1, 0.15) is 25.0 Å². The lowest BCUT2D eigenvalue weighted by atomic mass is 10.1. The van der Waals surface area contributed by atoms with Gasteiger partial charge in [0.15, 0.2) is 6.61 Å². The summed E-state index contributed by atoms with van der Waals surface area (Å²) in [6.45, 7) is 4.15. The molecule has 0 saturated carbocycles. The van der Waals surface area contributed by atoms with Gasteiger partial charge in [0.1, 0.15) is 29.2 Å². The maximum Gasteiger partial charge on any atom is 0.277 e. The number of amides is 1. The van der Waals surface area contributed by atoms with Gasteiger partial charge < -0.3 is 14.2 Å². The summed E-state index contributed by atoms with van der Waals surface area (Å²) in [6.07, 6.45) is 2.46. The molecule has 1 atom stereocenters. The van der Waals surface area contributed by atoms with Gasteiger partial charge in [-0.1, -0.05) is 6.07 Å². The van der Waals surface area contributed by atoms with E-state index >= 15 is 0 Å². The van der Waals surface area contributed by atoms with E-state index in [2.05, 4.69) is 10.5 Å². The molecule has 1 aliphatic heterocycles. The molecule has 1 amide bonds. The molecule has 0 saturated heterocycles. The molecule has 0 radical (unpaired) electrons. The predicted octanol–water partition coefficient (Wildman–Crippen LogP) is 3.08. The van der Waals surface area contributed by atoms with Crippen LogP contribution in [-0.4, -0.2) is 31.4 Å². The normalized spacial score (nSPS) is 15.3. The maximum atomic E-state index is 13.1. The average molecular weight is 372 g/mol. The first-order valence-electron chi connectivity index (χ1n) is 8.71. The maximum absolute atomic E-state index is 13.1. The number of fused-ring (bicyclic) bond motifs is 1. The SMILES string of the molecule is CCOc1cc2c(cc1/C=N\NC(=O)COc1cccc(F)c1)O[C@@H](C)C2. The van der Waals surface area contributed by atoms with Gasteiger partial charge in [-0.25, -0.2) is 9.82 Å². The van der Waals surface area contributed by atoms with Gasteiger partial charge in [0, 0.05) is 23.6 Å². The number of carbonyl (C=O) groups excluding carboxylic acids is 1. The number of ether oxygens (including phenoxy) is 3. The second-order valence-corrected chi connectivity index (χ2v) is 6.10. The Bertz CT molecular complexity index is 854. The Morgan fingerprint density at radius 2 is 2.22 bits per heavy atom. The second-order valence-electron chi connectivity index (χ2n) is 6.10. The first kappa shape index (κ1) is 18.7. The minimum atomic E-state index is -0.459. The number of hydrogen-bond acceptors (Lipinski definition) is 5. The van der Waals surface area contributed by atoms with Crippen LogP contribution in [0.15, 0.2) is 41.5 Å². The molecule has 0 fully saturated rings. The smallest absolute Gasteiger partial charge is 0.277 e. The van der Waals surface area contributed by atoms with Crippen molar-refractivity contribution in [2.75, 3.05) is 13.2 Å². The molecule has 0 spiro atoms. The number of hydrazone groups is 1. The van der Waals surface area contributed by atoms with Gasteiger partial charge in [0.25, 0.3) is 5.91 Å². The minimum Gasteiger partial charge on any atom is -0.493 e. The van der Waals surface area contributed by atoms with E-state index in [1.165, 1.54) is 24.4 Å². The van der Waals surface area contributed by atoms with Gasteiger partial charge in [-0.3, -0.25) is 4.79 Å². The van der Waals surface area contributed by atoms with Gasteiger partial charge in [0.05, 0.1) is 12.8 Å². The summed E-state index contributed by atoms with van der Waals surface area (Å²) < 4.78 is 29.7. The van der Waals surface area contributed by atoms with Crippen LogP contribution in [0.2, 0.25) is 0 Å². The third-order valence-corrected chi connectivity index (χ3v) is 3.89. The Morgan fingerprint density at radius 1 is 1.37 bits per heavy atom. The van der Waals surface area contributed by atoms with E-state index < -0.39 is 11.7 Å². The predicted molar refractivity (Wildman–Crippen MR) is 99.0 cm³/mol. The zero-order valence-electron chi connectivity index (χ0n) is 15.2. The number of rotatable bonds is 7. The van der Waals surface area contributed by atoms with E-state index in [1.807, 2.05) is 26.0 Å². The van der Waals surface area contributed by atoms with Crippen molar-refractivity contribution in [3.8, 4) is 17.2 Å². The number of nitrogens with one attached hydrogen (secondary N) is 1. The van der Waals surface area contributed by atoms with Crippen LogP contribution in [-0.2, 0) is 11.2 Å². The van der Waals surface area contributed by atoms with Gasteiger partial charge in [-0.05, 0) is 38.1 Å². The molecule has 7 heteroatoms. The van der Waals surface area contributed by atoms with Crippen molar-refractivity contribution in [2.45, 2.75) is 26.4 Å². The highest BCUT2D eigenvalue weighted by Gasteiger charge is 2.21. The molecule has 6 nitrogen and oxygen atoms in total. The van der Waals surface area contributed by atoms with Gasteiger partial charge in [-0.15, -0.1) is 0 Å². The zero-order valence-corrected chi connectivity index (χ0v) is 15.2. The third-order valence-electron chi connectivity index (χ3n) is 3.89. The summed E-state index contributed by atoms with van der Waals surface area (Å²) in [5.41, 5.74) is 4.18. The summed E-state index contributed by atoms with van der Waals surface area (Å²) in [7, 11) is 0. The Hall–Kier alpha value is -3.09. The van der Waals surface area contributed by atoms with Crippen molar-refractivity contribution in [2.24, 2.45) is 5.10 Å². The van der Waals surface area contributed by atoms with Crippen molar-refractivity contribution in [1.82, 2.24) is 5.43 Å². The van der Waals surface area contributed by atoms with Crippen molar-refractivity contribution < 1.29 is 23.4 Å². The number of halogens is 1. The number of carbonyl (C=O) groups is 1. The lowest BCUT2D eigenvalue weighted by Crippen LogP contribution is -2.24. The molecular formula is C20H21FN2O4. The summed E-state index contributed by atoms with van der Waals surface area (Å²) in [6, 6.07) is 9.37. The standard InChI is InChI=1S/C20H21FN2O4/c1-3-25-18-8-14-7-13(2)27-19(14)9-15(18)11-22-23-20(24)12-26-17-6-4-5-16(21)10-17/h4-6,8-11,13H,3,7,12H2,1-2H3,(H,23,24)/b22-11-/t13-/m0/s1. The van der Waals surface area contributed by atoms with E-state index in [4.69, 9.17) is 14.2 Å². The quantitative estimate of drug-likeness (QED) is 0.599. The van der Waals surface area contributed by atoms with Crippen LogP contribution in [0.5, 0.6) is 17.2 Å². The molecule has 1 N–H and O–H groups in total. The molecule has 0 aromatic heterocycles. The summed E-state index contributed by atoms with van der Waals surface area (Å²) in [5.74, 6) is 0.871. The van der Waals surface area contributed by atoms with Gasteiger partial charge >= 0.3 is 0 Å². The summed E-state index contributed by atoms with van der Waals surface area (Å²) in [5, 5.41) is 3.94. The first-order valence-corrected chi connectivity index (χ1v) is 8.71. The van der Waals surface area contributed by atoms with Crippen LogP contribution < -0.4 is 19.6 Å². The fraction of sp³-hybridized carbons (Fsp3) is 0.300. The zero-order chi connectivity index (χ0) is 19.2. The molecule has 1 heterocycles. The van der Waals surface area contributed by atoms with Crippen LogP contribution in [0.3, 0.4) is 0 Å². The van der Waals surface area contributed by atoms with Crippen molar-refractivity contribution >= 4 is 12.1 Å². The molecule has 142 valence electrons. The highest BCUT2D eigenvalue weighted by Crippen LogP contribution is 2.34. The van der Waals surface area contributed by atoms with Crippen LogP contribution in [0.25, 0.3) is 0 Å². The Morgan fingerprint density at radius 3 is 3.00 bits per heavy atom. The fourth-order valence-corrected chi connectivity index (χ4v) is 2.75. The topological polar surface area (TPSA) is 69.2 Å². The summed E-state index contributed by atoms with van der Waals surface area (Å²) in [4.78, 5) is 11.8. The molecule has 2 aromatic carbocycles. The molecule has 1 aliphatic rings. The van der Waals surface area contributed by atoms with Crippen molar-refractivity contribution in [1.29, 1.82) is 0 Å². The highest BCUT2D eigenvalue weighted by molar-refractivity contribution is 5.86. The Kier molecular flexibility index (Phi) is 5.90. The molecule has 0 bridgehead atoms. The van der Waals surface area contributed by atoms with Gasteiger partial charge in [-0.2, -0.15) is 5.10 Å². The first-order chi connectivity index (χ1) is 13.0.